The van der Waals surface area contributed by atoms with E-state index in [0.29, 0.717) is 5.75 Å². The molecule has 0 bridgehead atoms. The molecule has 1 heterocycles. The minimum atomic E-state index is -1.40. The molecule has 1 saturated carbocycles. The van der Waals surface area contributed by atoms with Gasteiger partial charge in [-0.3, -0.25) is 4.79 Å². The van der Waals surface area contributed by atoms with Gasteiger partial charge in [0.25, 0.3) is 0 Å². The van der Waals surface area contributed by atoms with Crippen molar-refractivity contribution in [2.75, 3.05) is 13.7 Å². The van der Waals surface area contributed by atoms with Crippen LogP contribution in [0.4, 0.5) is 0 Å². The summed E-state index contributed by atoms with van der Waals surface area (Å²) in [5, 5.41) is 4.42. The van der Waals surface area contributed by atoms with E-state index in [1.165, 1.54) is 6.92 Å². The Kier molecular flexibility index (Phi) is 21.2. The summed E-state index contributed by atoms with van der Waals surface area (Å²) in [4.78, 5) is 16.1. The second-order valence-electron chi connectivity index (χ2n) is 19.3. The molecule has 0 N–H and O–H groups in total. The van der Waals surface area contributed by atoms with Crippen molar-refractivity contribution in [2.45, 2.75) is 120 Å². The quantitative estimate of drug-likeness (QED) is 0.0207. The molecule has 1 aliphatic heterocycles. The van der Waals surface area contributed by atoms with E-state index in [4.69, 9.17) is 52.1 Å². The molecule has 7 aromatic rings. The maximum atomic E-state index is 12.7. The lowest BCUT2D eigenvalue weighted by molar-refractivity contribution is -0.342. The molecule has 1 unspecified atom stereocenters. The Labute approximate surface area is 461 Å². The van der Waals surface area contributed by atoms with Crippen molar-refractivity contribution in [3.63, 3.8) is 0 Å². The van der Waals surface area contributed by atoms with Crippen LogP contribution in [0, 0.1) is 0 Å². The zero-order valence-corrected chi connectivity index (χ0v) is 44.4. The second kappa shape index (κ2) is 29.7. The highest BCUT2D eigenvalue weighted by Crippen LogP contribution is 2.40. The zero-order chi connectivity index (χ0) is 54.4. The standard InChI is InChI=1S/C64H67N3O12/c1-45(68)70-44-54-56(71-37-46-21-9-3-10-22-46)57(72-38-47-23-11-4-12-24-47)55(66-67-65)64(78-54)79-63-61(76-42-51-31-19-8-20-32-51)59(74-40-49-27-15-6-16-28-49)58(73-39-48-25-13-5-14-26-48)60(75-41-50-29-17-7-18-30-50)62(63)77-43-52-33-35-53(69-2)36-34-52/h3-36,54-64H,37-44H2,1-2H3/t54-,55-,56-,57-,58?,59-,60-,61+,62-,63-,64-/m1/s1. The summed E-state index contributed by atoms with van der Waals surface area (Å²) in [5.41, 5.74) is 16.7. The van der Waals surface area contributed by atoms with Gasteiger partial charge < -0.3 is 52.1 Å². The molecule has 11 atom stereocenters. The second-order valence-corrected chi connectivity index (χ2v) is 19.3. The SMILES string of the molecule is COc1ccc(CO[C@H]2[C@H](O[C@H]3O[C@H](COC(C)=O)[C@@H](OCc4ccccc4)[C@H](OCc4ccccc4)[C@H]3N=[N+]=[N-])[C@@H](OCc3ccccc3)[C@H](OCc3ccccc3)C(OCc3ccccc3)[C@H]2OCc2ccccc2)cc1. The summed E-state index contributed by atoms with van der Waals surface area (Å²) in [5.74, 6) is 0.152. The van der Waals surface area contributed by atoms with Crippen LogP contribution in [0.25, 0.3) is 10.4 Å². The maximum Gasteiger partial charge on any atom is 0.302 e. The fraction of sp³-hybridized carbons (Fsp3) is 0.328. The Morgan fingerprint density at radius 3 is 1.05 bits per heavy atom. The van der Waals surface area contributed by atoms with Crippen LogP contribution in [0.5, 0.6) is 5.75 Å². The number of ether oxygens (including phenoxy) is 11. The number of rotatable bonds is 27. The molecule has 0 amide bonds. The number of carbonyl (C=O) groups excluding carboxylic acids is 1. The first-order chi connectivity index (χ1) is 38.9. The molecule has 2 aliphatic rings. The Morgan fingerprint density at radius 1 is 0.430 bits per heavy atom. The minimum absolute atomic E-state index is 0.0880. The first-order valence-electron chi connectivity index (χ1n) is 26.6. The molecule has 79 heavy (non-hydrogen) atoms. The predicted octanol–water partition coefficient (Wildman–Crippen LogP) is 11.5. The first kappa shape index (κ1) is 56.5. The van der Waals surface area contributed by atoms with Crippen LogP contribution in [-0.4, -0.2) is 87.0 Å². The van der Waals surface area contributed by atoms with Gasteiger partial charge in [0.15, 0.2) is 6.29 Å². The van der Waals surface area contributed by atoms with E-state index in [0.717, 1.165) is 38.9 Å². The van der Waals surface area contributed by atoms with E-state index >= 15 is 0 Å². The van der Waals surface area contributed by atoms with E-state index in [9.17, 15) is 10.3 Å². The van der Waals surface area contributed by atoms with Gasteiger partial charge in [-0.05, 0) is 56.6 Å². The van der Waals surface area contributed by atoms with E-state index in [-0.39, 0.29) is 52.9 Å². The van der Waals surface area contributed by atoms with Crippen molar-refractivity contribution in [1.29, 1.82) is 0 Å². The van der Waals surface area contributed by atoms with E-state index in [2.05, 4.69) is 10.0 Å². The summed E-state index contributed by atoms with van der Waals surface area (Å²) in [6.07, 6.45) is -10.2. The minimum Gasteiger partial charge on any atom is -0.497 e. The summed E-state index contributed by atoms with van der Waals surface area (Å²) in [7, 11) is 1.62. The van der Waals surface area contributed by atoms with E-state index in [1.807, 2.05) is 206 Å². The third-order valence-electron chi connectivity index (χ3n) is 13.8. The summed E-state index contributed by atoms with van der Waals surface area (Å²) >= 11 is 0. The third-order valence-corrected chi connectivity index (χ3v) is 13.8. The number of carbonyl (C=O) groups is 1. The predicted molar refractivity (Wildman–Crippen MR) is 295 cm³/mol. The van der Waals surface area contributed by atoms with Crippen LogP contribution in [0.2, 0.25) is 0 Å². The average molecular weight is 1070 g/mol. The van der Waals surface area contributed by atoms with E-state index < -0.39 is 73.2 Å². The number of hydrogen-bond acceptors (Lipinski definition) is 13. The molecule has 15 nitrogen and oxygen atoms in total. The number of methoxy groups -OCH3 is 1. The molecule has 1 saturated heterocycles. The lowest BCUT2D eigenvalue weighted by Crippen LogP contribution is -2.69. The summed E-state index contributed by atoms with van der Waals surface area (Å²) in [6.45, 7) is 2.05. The summed E-state index contributed by atoms with van der Waals surface area (Å²) in [6, 6.07) is 65.1. The fourth-order valence-corrected chi connectivity index (χ4v) is 9.81. The number of hydrogen-bond donors (Lipinski definition) is 0. The molecule has 15 heteroatoms. The number of azide groups is 1. The van der Waals surface area contributed by atoms with Gasteiger partial charge in [0.2, 0.25) is 0 Å². The Bertz CT molecular complexity index is 2910. The maximum absolute atomic E-state index is 12.7. The Hall–Kier alpha value is -7.24. The molecule has 2 fully saturated rings. The van der Waals surface area contributed by atoms with Gasteiger partial charge in [0, 0.05) is 11.8 Å². The molecule has 0 spiro atoms. The van der Waals surface area contributed by atoms with Crippen LogP contribution in [0.1, 0.15) is 45.9 Å². The fourth-order valence-electron chi connectivity index (χ4n) is 9.81. The molecule has 1 aliphatic carbocycles. The normalized spacial score (nSPS) is 23.7. The molecule has 9 rings (SSSR count). The lowest BCUT2D eigenvalue weighted by atomic mass is 9.83. The van der Waals surface area contributed by atoms with Crippen LogP contribution in [0.15, 0.2) is 211 Å². The van der Waals surface area contributed by atoms with Gasteiger partial charge in [0.05, 0.1) is 53.4 Å². The van der Waals surface area contributed by atoms with Gasteiger partial charge in [-0.1, -0.05) is 199 Å². The van der Waals surface area contributed by atoms with Crippen LogP contribution in [0.3, 0.4) is 0 Å². The largest absolute Gasteiger partial charge is 0.497 e. The highest BCUT2D eigenvalue weighted by molar-refractivity contribution is 5.65. The van der Waals surface area contributed by atoms with Gasteiger partial charge in [-0.15, -0.1) is 0 Å². The van der Waals surface area contributed by atoms with Crippen molar-refractivity contribution in [3.05, 3.63) is 256 Å². The molecular weight excluding hydrogens is 1000 g/mol. The van der Waals surface area contributed by atoms with Gasteiger partial charge in [0.1, 0.15) is 73.3 Å². The molecule has 0 radical (unpaired) electrons. The van der Waals surface area contributed by atoms with Crippen LogP contribution >= 0.6 is 0 Å². The van der Waals surface area contributed by atoms with Crippen LogP contribution in [-0.2, 0) is 98.4 Å². The zero-order valence-electron chi connectivity index (χ0n) is 44.4. The van der Waals surface area contributed by atoms with Crippen molar-refractivity contribution in [1.82, 2.24) is 0 Å². The highest BCUT2D eigenvalue weighted by Gasteiger charge is 2.58. The lowest BCUT2D eigenvalue weighted by Gasteiger charge is -2.52. The number of benzene rings is 7. The molecular formula is C64H67N3O12. The van der Waals surface area contributed by atoms with E-state index in [1.54, 1.807) is 7.11 Å². The molecule has 7 aromatic carbocycles. The number of nitrogens with zero attached hydrogens (tertiary/aromatic N) is 3. The van der Waals surface area contributed by atoms with Crippen molar-refractivity contribution in [2.24, 2.45) is 5.11 Å². The van der Waals surface area contributed by atoms with Crippen molar-refractivity contribution in [3.8, 4) is 5.75 Å². The Balaban J connectivity index is 1.18. The monoisotopic (exact) mass is 1070 g/mol. The molecule has 0 aromatic heterocycles. The van der Waals surface area contributed by atoms with Crippen LogP contribution < -0.4 is 4.74 Å². The van der Waals surface area contributed by atoms with Gasteiger partial charge in [-0.25, -0.2) is 0 Å². The molecule has 410 valence electrons. The van der Waals surface area contributed by atoms with Crippen molar-refractivity contribution < 1.29 is 56.9 Å². The average Bonchev–Trinajstić information content (AvgIpc) is 3.61. The van der Waals surface area contributed by atoms with Gasteiger partial charge >= 0.3 is 5.97 Å². The Morgan fingerprint density at radius 2 is 0.734 bits per heavy atom. The van der Waals surface area contributed by atoms with Gasteiger partial charge in [-0.2, -0.15) is 0 Å². The van der Waals surface area contributed by atoms with Crippen molar-refractivity contribution >= 4 is 5.97 Å². The topological polar surface area (TPSA) is 167 Å². The summed E-state index contributed by atoms with van der Waals surface area (Å²) < 4.78 is 75.2. The highest BCUT2D eigenvalue weighted by atomic mass is 16.7. The third kappa shape index (κ3) is 16.2. The number of esters is 1. The first-order valence-corrected chi connectivity index (χ1v) is 26.6. The smallest absolute Gasteiger partial charge is 0.302 e.